The largest absolute Gasteiger partial charge is 0.494 e. The van der Waals surface area contributed by atoms with Gasteiger partial charge in [0.2, 0.25) is 0 Å². The van der Waals surface area contributed by atoms with E-state index < -0.39 is 5.60 Å². The van der Waals surface area contributed by atoms with E-state index in [1.807, 2.05) is 39.8 Å². The second-order valence-electron chi connectivity index (χ2n) is 6.53. The first-order chi connectivity index (χ1) is 10.4. The SMILES string of the molecule is CCOc1cccc([C]2CCN(C(=O)OC(C)(C)C)CC2)c1. The topological polar surface area (TPSA) is 38.8 Å². The van der Waals surface area contributed by atoms with E-state index in [1.165, 1.54) is 11.5 Å². The Morgan fingerprint density at radius 2 is 1.91 bits per heavy atom. The summed E-state index contributed by atoms with van der Waals surface area (Å²) in [6, 6.07) is 8.19. The number of carbonyl (C=O) groups is 1. The van der Waals surface area contributed by atoms with Gasteiger partial charge in [0, 0.05) is 19.0 Å². The third-order valence-electron chi connectivity index (χ3n) is 3.57. The van der Waals surface area contributed by atoms with Crippen molar-refractivity contribution in [3.05, 3.63) is 35.7 Å². The van der Waals surface area contributed by atoms with Crippen molar-refractivity contribution in [1.29, 1.82) is 0 Å². The second-order valence-corrected chi connectivity index (χ2v) is 6.53. The van der Waals surface area contributed by atoms with Crippen LogP contribution in [0.15, 0.2) is 24.3 Å². The average Bonchev–Trinajstić information content (AvgIpc) is 2.46. The predicted octanol–water partition coefficient (Wildman–Crippen LogP) is 4.04. The molecule has 1 saturated heterocycles. The van der Waals surface area contributed by atoms with Crippen molar-refractivity contribution in [3.8, 4) is 5.75 Å². The number of piperidine rings is 1. The molecule has 0 aliphatic carbocycles. The maximum absolute atomic E-state index is 12.1. The van der Waals surface area contributed by atoms with E-state index in [9.17, 15) is 4.79 Å². The summed E-state index contributed by atoms with van der Waals surface area (Å²) in [7, 11) is 0. The summed E-state index contributed by atoms with van der Waals surface area (Å²) in [4.78, 5) is 13.9. The molecular formula is C18H26NO3. The van der Waals surface area contributed by atoms with Crippen molar-refractivity contribution < 1.29 is 14.3 Å². The van der Waals surface area contributed by atoms with Crippen molar-refractivity contribution in [1.82, 2.24) is 4.90 Å². The van der Waals surface area contributed by atoms with Crippen molar-refractivity contribution in [3.63, 3.8) is 0 Å². The van der Waals surface area contributed by atoms with E-state index in [1.54, 1.807) is 4.90 Å². The molecular weight excluding hydrogens is 278 g/mol. The summed E-state index contributed by atoms with van der Waals surface area (Å²) in [6.45, 7) is 9.76. The van der Waals surface area contributed by atoms with Crippen LogP contribution in [0.25, 0.3) is 0 Å². The molecule has 1 amide bonds. The normalized spacial score (nSPS) is 16.5. The molecule has 1 fully saturated rings. The van der Waals surface area contributed by atoms with Crippen LogP contribution in [-0.2, 0) is 4.74 Å². The van der Waals surface area contributed by atoms with Gasteiger partial charge in [0.1, 0.15) is 11.4 Å². The van der Waals surface area contributed by atoms with Crippen molar-refractivity contribution in [2.45, 2.75) is 46.1 Å². The zero-order valence-electron chi connectivity index (χ0n) is 14.0. The van der Waals surface area contributed by atoms with Crippen LogP contribution in [0.1, 0.15) is 46.1 Å². The minimum Gasteiger partial charge on any atom is -0.494 e. The van der Waals surface area contributed by atoms with E-state index in [4.69, 9.17) is 9.47 Å². The molecule has 1 aliphatic rings. The van der Waals surface area contributed by atoms with Gasteiger partial charge in [0.25, 0.3) is 0 Å². The van der Waals surface area contributed by atoms with E-state index in [2.05, 4.69) is 12.1 Å². The molecule has 0 aromatic heterocycles. The maximum atomic E-state index is 12.1. The highest BCUT2D eigenvalue weighted by atomic mass is 16.6. The second kappa shape index (κ2) is 7.03. The molecule has 1 aliphatic heterocycles. The molecule has 1 aromatic rings. The number of hydrogen-bond donors (Lipinski definition) is 0. The summed E-state index contributed by atoms with van der Waals surface area (Å²) in [5.41, 5.74) is 0.780. The Bertz CT molecular complexity index is 499. The van der Waals surface area contributed by atoms with Gasteiger partial charge in [-0.3, -0.25) is 0 Å². The third-order valence-corrected chi connectivity index (χ3v) is 3.57. The van der Waals surface area contributed by atoms with Crippen LogP contribution in [0, 0.1) is 5.92 Å². The number of benzene rings is 1. The molecule has 0 saturated carbocycles. The number of ether oxygens (including phenoxy) is 2. The monoisotopic (exact) mass is 304 g/mol. The number of rotatable bonds is 3. The zero-order valence-corrected chi connectivity index (χ0v) is 14.0. The number of amides is 1. The fraction of sp³-hybridized carbons (Fsp3) is 0.556. The molecule has 0 atom stereocenters. The van der Waals surface area contributed by atoms with Gasteiger partial charge in [-0.2, -0.15) is 0 Å². The number of likely N-dealkylation sites (tertiary alicyclic amines) is 1. The lowest BCUT2D eigenvalue weighted by Gasteiger charge is -2.33. The Hall–Kier alpha value is -1.71. The summed E-state index contributed by atoms with van der Waals surface area (Å²) < 4.78 is 11.0. The lowest BCUT2D eigenvalue weighted by atomic mass is 9.89. The molecule has 22 heavy (non-hydrogen) atoms. The van der Waals surface area contributed by atoms with Gasteiger partial charge in [-0.15, -0.1) is 0 Å². The molecule has 1 radical (unpaired) electrons. The van der Waals surface area contributed by atoms with E-state index in [0.717, 1.165) is 18.6 Å². The van der Waals surface area contributed by atoms with Crippen molar-refractivity contribution in [2.75, 3.05) is 19.7 Å². The quantitative estimate of drug-likeness (QED) is 0.846. The lowest BCUT2D eigenvalue weighted by molar-refractivity contribution is 0.0228. The Morgan fingerprint density at radius 3 is 2.50 bits per heavy atom. The molecule has 0 spiro atoms. The number of carbonyl (C=O) groups excluding carboxylic acids is 1. The molecule has 2 rings (SSSR count). The highest BCUT2D eigenvalue weighted by Crippen LogP contribution is 2.29. The standard InChI is InChI=1S/C18H26NO3/c1-5-21-16-8-6-7-15(13-16)14-9-11-19(12-10-14)17(20)22-18(2,3)4/h6-8,13H,5,9-12H2,1-4H3. The molecule has 121 valence electrons. The third kappa shape index (κ3) is 4.65. The van der Waals surface area contributed by atoms with Crippen LogP contribution in [0.4, 0.5) is 4.79 Å². The van der Waals surface area contributed by atoms with E-state index in [-0.39, 0.29) is 6.09 Å². The lowest BCUT2D eigenvalue weighted by Crippen LogP contribution is -2.41. The van der Waals surface area contributed by atoms with Crippen LogP contribution in [0.2, 0.25) is 0 Å². The summed E-state index contributed by atoms with van der Waals surface area (Å²) >= 11 is 0. The van der Waals surface area contributed by atoms with Gasteiger partial charge in [-0.05, 0) is 58.2 Å². The highest BCUT2D eigenvalue weighted by Gasteiger charge is 2.27. The van der Waals surface area contributed by atoms with E-state index in [0.29, 0.717) is 19.7 Å². The Morgan fingerprint density at radius 1 is 1.23 bits per heavy atom. The zero-order chi connectivity index (χ0) is 16.2. The molecule has 1 heterocycles. The fourth-order valence-corrected chi connectivity index (χ4v) is 2.55. The summed E-state index contributed by atoms with van der Waals surface area (Å²) in [5.74, 6) is 2.28. The van der Waals surface area contributed by atoms with Crippen molar-refractivity contribution in [2.24, 2.45) is 0 Å². The number of hydrogen-bond acceptors (Lipinski definition) is 3. The maximum Gasteiger partial charge on any atom is 0.410 e. The average molecular weight is 304 g/mol. The number of nitrogens with zero attached hydrogens (tertiary/aromatic N) is 1. The van der Waals surface area contributed by atoms with Crippen LogP contribution < -0.4 is 4.74 Å². The molecule has 4 heteroatoms. The Balaban J connectivity index is 1.92. The van der Waals surface area contributed by atoms with Gasteiger partial charge in [-0.25, -0.2) is 4.79 Å². The molecule has 0 unspecified atom stereocenters. The minimum absolute atomic E-state index is 0.213. The first-order valence-electron chi connectivity index (χ1n) is 7.95. The van der Waals surface area contributed by atoms with Gasteiger partial charge in [0.05, 0.1) is 6.61 Å². The van der Waals surface area contributed by atoms with Gasteiger partial charge in [0.15, 0.2) is 0 Å². The first kappa shape index (κ1) is 16.7. The molecule has 1 aromatic carbocycles. The Kier molecular flexibility index (Phi) is 5.33. The van der Waals surface area contributed by atoms with Gasteiger partial charge in [-0.1, -0.05) is 12.1 Å². The van der Waals surface area contributed by atoms with Crippen molar-refractivity contribution >= 4 is 6.09 Å². The van der Waals surface area contributed by atoms with Crippen LogP contribution in [0.5, 0.6) is 5.75 Å². The van der Waals surface area contributed by atoms with Gasteiger partial charge < -0.3 is 14.4 Å². The van der Waals surface area contributed by atoms with Crippen LogP contribution in [0.3, 0.4) is 0 Å². The Labute approximate surface area is 133 Å². The van der Waals surface area contributed by atoms with Crippen LogP contribution >= 0.6 is 0 Å². The molecule has 0 N–H and O–H groups in total. The fourth-order valence-electron chi connectivity index (χ4n) is 2.55. The highest BCUT2D eigenvalue weighted by molar-refractivity contribution is 5.68. The summed E-state index contributed by atoms with van der Waals surface area (Å²) in [5, 5.41) is 0. The molecule has 4 nitrogen and oxygen atoms in total. The predicted molar refractivity (Wildman–Crippen MR) is 87.0 cm³/mol. The molecule has 0 bridgehead atoms. The summed E-state index contributed by atoms with van der Waals surface area (Å²) in [6.07, 6.45) is 1.55. The van der Waals surface area contributed by atoms with Gasteiger partial charge >= 0.3 is 6.09 Å². The van der Waals surface area contributed by atoms with Crippen LogP contribution in [-0.4, -0.2) is 36.3 Å². The first-order valence-corrected chi connectivity index (χ1v) is 7.95. The minimum atomic E-state index is -0.438. The smallest absolute Gasteiger partial charge is 0.410 e. The van der Waals surface area contributed by atoms with E-state index >= 15 is 0 Å².